The number of rotatable bonds is 2. The van der Waals surface area contributed by atoms with Crippen LogP contribution in [0.4, 0.5) is 5.13 Å². The number of thiazole rings is 1. The highest BCUT2D eigenvalue weighted by Crippen LogP contribution is 2.31. The molecule has 0 aliphatic carbocycles. The van der Waals surface area contributed by atoms with Gasteiger partial charge in [0, 0.05) is 5.56 Å². The predicted octanol–water partition coefficient (Wildman–Crippen LogP) is 3.00. The Balaban J connectivity index is 1.78. The third kappa shape index (κ3) is 2.42. The second-order valence-electron chi connectivity index (χ2n) is 5.18. The Morgan fingerprint density at radius 3 is 2.74 bits per heavy atom. The topological polar surface area (TPSA) is 104 Å². The molecular weight excluding hydrogens is 312 g/mol. The molecule has 1 aromatic carbocycles. The summed E-state index contributed by atoms with van der Waals surface area (Å²) in [6, 6.07) is 7.58. The van der Waals surface area contributed by atoms with Crippen molar-refractivity contribution in [3.63, 3.8) is 0 Å². The maximum absolute atomic E-state index is 5.78. The van der Waals surface area contributed by atoms with Crippen LogP contribution in [0.2, 0.25) is 0 Å². The molecule has 114 valence electrons. The maximum atomic E-state index is 5.78. The van der Waals surface area contributed by atoms with Crippen LogP contribution in [0.1, 0.15) is 11.3 Å². The van der Waals surface area contributed by atoms with Gasteiger partial charge in [0.2, 0.25) is 5.82 Å². The minimum absolute atomic E-state index is 0.411. The van der Waals surface area contributed by atoms with Gasteiger partial charge in [-0.05, 0) is 43.7 Å². The van der Waals surface area contributed by atoms with Crippen molar-refractivity contribution in [2.24, 2.45) is 0 Å². The van der Waals surface area contributed by atoms with Gasteiger partial charge in [0.15, 0.2) is 5.13 Å². The van der Waals surface area contributed by atoms with Crippen LogP contribution in [0, 0.1) is 13.8 Å². The van der Waals surface area contributed by atoms with Crippen LogP contribution < -0.4 is 5.73 Å². The van der Waals surface area contributed by atoms with Gasteiger partial charge in [-0.15, -0.1) is 5.10 Å². The quantitative estimate of drug-likeness (QED) is 0.604. The highest BCUT2D eigenvalue weighted by Gasteiger charge is 2.14. The van der Waals surface area contributed by atoms with E-state index < -0.39 is 0 Å². The zero-order valence-electron chi connectivity index (χ0n) is 12.4. The summed E-state index contributed by atoms with van der Waals surface area (Å²) in [5.74, 6) is 0.841. The van der Waals surface area contributed by atoms with E-state index in [0.29, 0.717) is 22.5 Å². The lowest BCUT2D eigenvalue weighted by atomic mass is 10.1. The Morgan fingerprint density at radius 1 is 1.09 bits per heavy atom. The first-order valence-corrected chi connectivity index (χ1v) is 7.73. The lowest BCUT2D eigenvalue weighted by molar-refractivity contribution is 0.432. The molecular formula is C15H12N6OS. The van der Waals surface area contributed by atoms with E-state index in [-0.39, 0.29) is 0 Å². The number of hydrogen-bond donors (Lipinski definition) is 1. The standard InChI is InChI=1S/C15H12N6OS/c1-7-5-9(6-11-12(7)17-15(16)23-11)14-18-13(21-22-14)10-4-3-8(2)19-20-10/h3-6H,1-2H3,(H2,16,17). The fourth-order valence-electron chi connectivity index (χ4n) is 2.30. The first-order chi connectivity index (χ1) is 11.1. The molecule has 3 aromatic heterocycles. The van der Waals surface area contributed by atoms with Gasteiger partial charge in [-0.3, -0.25) is 0 Å². The first kappa shape index (κ1) is 13.8. The molecule has 0 atom stereocenters. The van der Waals surface area contributed by atoms with Crippen molar-refractivity contribution in [2.75, 3.05) is 5.73 Å². The van der Waals surface area contributed by atoms with E-state index in [2.05, 4.69) is 25.3 Å². The smallest absolute Gasteiger partial charge is 0.258 e. The van der Waals surface area contributed by atoms with Gasteiger partial charge in [-0.1, -0.05) is 16.5 Å². The molecule has 7 nitrogen and oxygen atoms in total. The summed E-state index contributed by atoms with van der Waals surface area (Å²) < 4.78 is 6.36. The van der Waals surface area contributed by atoms with Crippen molar-refractivity contribution in [3.8, 4) is 23.0 Å². The van der Waals surface area contributed by atoms with Crippen LogP contribution in [0.15, 0.2) is 28.8 Å². The summed E-state index contributed by atoms with van der Waals surface area (Å²) in [6.07, 6.45) is 0. The number of nitrogens with zero attached hydrogens (tertiary/aromatic N) is 5. The Labute approximate surface area is 135 Å². The minimum Gasteiger partial charge on any atom is -0.375 e. The predicted molar refractivity (Wildman–Crippen MR) is 87.8 cm³/mol. The third-order valence-corrected chi connectivity index (χ3v) is 4.23. The molecule has 0 saturated heterocycles. The highest BCUT2D eigenvalue weighted by atomic mass is 32.1. The van der Waals surface area contributed by atoms with Crippen LogP contribution in [0.3, 0.4) is 0 Å². The van der Waals surface area contributed by atoms with E-state index >= 15 is 0 Å². The summed E-state index contributed by atoms with van der Waals surface area (Å²) in [5.41, 5.74) is 9.94. The second kappa shape index (κ2) is 5.10. The summed E-state index contributed by atoms with van der Waals surface area (Å²) in [4.78, 5) is 8.73. The molecule has 0 aliphatic rings. The van der Waals surface area contributed by atoms with Crippen molar-refractivity contribution in [1.29, 1.82) is 0 Å². The number of nitrogen functional groups attached to an aromatic ring is 1. The SMILES string of the molecule is Cc1ccc(-c2noc(-c3cc(C)c4nc(N)sc4c3)n2)nn1. The molecule has 0 amide bonds. The average molecular weight is 324 g/mol. The van der Waals surface area contributed by atoms with Crippen LogP contribution in [0.5, 0.6) is 0 Å². The van der Waals surface area contributed by atoms with Crippen molar-refractivity contribution in [3.05, 3.63) is 35.5 Å². The molecule has 0 fully saturated rings. The van der Waals surface area contributed by atoms with E-state index in [1.807, 2.05) is 38.1 Å². The van der Waals surface area contributed by atoms with Crippen LogP contribution in [-0.2, 0) is 0 Å². The lowest BCUT2D eigenvalue weighted by Gasteiger charge is -1.98. The minimum atomic E-state index is 0.411. The van der Waals surface area contributed by atoms with Gasteiger partial charge in [-0.25, -0.2) is 4.98 Å². The van der Waals surface area contributed by atoms with Crippen LogP contribution >= 0.6 is 11.3 Å². The first-order valence-electron chi connectivity index (χ1n) is 6.91. The number of anilines is 1. The summed E-state index contributed by atoms with van der Waals surface area (Å²) >= 11 is 1.43. The zero-order valence-corrected chi connectivity index (χ0v) is 13.3. The molecule has 8 heteroatoms. The van der Waals surface area contributed by atoms with E-state index in [1.165, 1.54) is 11.3 Å². The summed E-state index contributed by atoms with van der Waals surface area (Å²) in [5, 5.41) is 12.6. The van der Waals surface area contributed by atoms with Gasteiger partial charge in [0.25, 0.3) is 5.89 Å². The Hall–Kier alpha value is -2.87. The molecule has 23 heavy (non-hydrogen) atoms. The van der Waals surface area contributed by atoms with Gasteiger partial charge < -0.3 is 10.3 Å². The number of benzene rings is 1. The summed E-state index contributed by atoms with van der Waals surface area (Å²) in [7, 11) is 0. The fraction of sp³-hybridized carbons (Fsp3) is 0.133. The zero-order chi connectivity index (χ0) is 16.0. The van der Waals surface area contributed by atoms with Crippen molar-refractivity contribution >= 4 is 26.7 Å². The normalized spacial score (nSPS) is 11.2. The fourth-order valence-corrected chi connectivity index (χ4v) is 3.15. The van der Waals surface area contributed by atoms with E-state index in [0.717, 1.165) is 27.0 Å². The molecule has 3 heterocycles. The van der Waals surface area contributed by atoms with Crippen molar-refractivity contribution in [2.45, 2.75) is 13.8 Å². The van der Waals surface area contributed by atoms with E-state index in [9.17, 15) is 0 Å². The Kier molecular flexibility index (Phi) is 3.05. The maximum Gasteiger partial charge on any atom is 0.258 e. The number of aryl methyl sites for hydroxylation is 2. The molecule has 0 aliphatic heterocycles. The lowest BCUT2D eigenvalue weighted by Crippen LogP contribution is -1.91. The Morgan fingerprint density at radius 2 is 1.96 bits per heavy atom. The molecule has 0 spiro atoms. The molecule has 4 aromatic rings. The number of aromatic nitrogens is 5. The highest BCUT2D eigenvalue weighted by molar-refractivity contribution is 7.22. The van der Waals surface area contributed by atoms with Gasteiger partial charge >= 0.3 is 0 Å². The van der Waals surface area contributed by atoms with Crippen LogP contribution in [0.25, 0.3) is 33.2 Å². The largest absolute Gasteiger partial charge is 0.375 e. The Bertz CT molecular complexity index is 1000. The van der Waals surface area contributed by atoms with Crippen molar-refractivity contribution < 1.29 is 4.52 Å². The van der Waals surface area contributed by atoms with Gasteiger partial charge in [-0.2, -0.15) is 10.1 Å². The van der Waals surface area contributed by atoms with E-state index in [4.69, 9.17) is 10.3 Å². The number of nitrogens with two attached hydrogens (primary N) is 1. The van der Waals surface area contributed by atoms with Crippen molar-refractivity contribution in [1.82, 2.24) is 25.3 Å². The number of fused-ring (bicyclic) bond motifs is 1. The summed E-state index contributed by atoms with van der Waals surface area (Å²) in [6.45, 7) is 3.85. The third-order valence-electron chi connectivity index (χ3n) is 3.40. The molecule has 2 N–H and O–H groups in total. The van der Waals surface area contributed by atoms with Gasteiger partial charge in [0.05, 0.1) is 15.9 Å². The molecule has 0 radical (unpaired) electrons. The molecule has 4 rings (SSSR count). The number of hydrogen-bond acceptors (Lipinski definition) is 8. The monoisotopic (exact) mass is 324 g/mol. The van der Waals surface area contributed by atoms with Gasteiger partial charge in [0.1, 0.15) is 5.69 Å². The van der Waals surface area contributed by atoms with E-state index in [1.54, 1.807) is 0 Å². The molecule has 0 bridgehead atoms. The molecule has 0 saturated carbocycles. The molecule has 0 unspecified atom stereocenters. The average Bonchev–Trinajstić information content (AvgIpc) is 3.14. The second-order valence-corrected chi connectivity index (χ2v) is 6.24. The van der Waals surface area contributed by atoms with Crippen LogP contribution in [-0.4, -0.2) is 25.3 Å².